The number of hydrogen-bond acceptors (Lipinski definition) is 5. The van der Waals surface area contributed by atoms with Crippen molar-refractivity contribution in [1.82, 2.24) is 25.3 Å². The number of likely N-dealkylation sites (N-methyl/N-ethyl adjacent to an activating group) is 1. The molecule has 1 atom stereocenters. The lowest BCUT2D eigenvalue weighted by atomic mass is 10.0. The van der Waals surface area contributed by atoms with Crippen molar-refractivity contribution in [2.45, 2.75) is 32.0 Å². The molecule has 8 nitrogen and oxygen atoms in total. The molecule has 3 heterocycles. The quantitative estimate of drug-likeness (QED) is 0.531. The maximum absolute atomic E-state index is 13.4. The van der Waals surface area contributed by atoms with Gasteiger partial charge in [0.05, 0.1) is 28.7 Å². The van der Waals surface area contributed by atoms with Crippen LogP contribution in [0.2, 0.25) is 0 Å². The smallest absolute Gasteiger partial charge is 0.319 e. The van der Waals surface area contributed by atoms with E-state index in [-0.39, 0.29) is 18.0 Å². The number of H-pyrrole nitrogens is 1. The van der Waals surface area contributed by atoms with Gasteiger partial charge in [0.2, 0.25) is 0 Å². The first-order valence-corrected chi connectivity index (χ1v) is 11.4. The van der Waals surface area contributed by atoms with Gasteiger partial charge in [-0.2, -0.15) is 5.10 Å². The van der Waals surface area contributed by atoms with Crippen LogP contribution in [0.4, 0.5) is 10.6 Å². The minimum absolute atomic E-state index is 0.149. The number of hydrogen-bond donors (Lipinski definition) is 3. The third-order valence-electron chi connectivity index (χ3n) is 5.74. The first kappa shape index (κ1) is 22.0. The SMILES string of the molecule is CN(C)C[C@@H](NC(=O)N1Cc2c(NC(=O)c3cccs3)n[nH]c2C1(C)C)c1ccccc1. The molecule has 4 rings (SSSR count). The van der Waals surface area contributed by atoms with Crippen molar-refractivity contribution in [2.24, 2.45) is 0 Å². The minimum atomic E-state index is -0.600. The molecule has 0 spiro atoms. The highest BCUT2D eigenvalue weighted by atomic mass is 32.1. The van der Waals surface area contributed by atoms with E-state index >= 15 is 0 Å². The molecule has 1 aromatic carbocycles. The number of nitrogens with one attached hydrogen (secondary N) is 3. The molecule has 9 heteroatoms. The highest BCUT2D eigenvalue weighted by molar-refractivity contribution is 7.12. The second kappa shape index (κ2) is 8.76. The number of aromatic nitrogens is 2. The Morgan fingerprint density at radius 3 is 2.62 bits per heavy atom. The Hall–Kier alpha value is -3.17. The largest absolute Gasteiger partial charge is 0.330 e. The Balaban J connectivity index is 1.53. The van der Waals surface area contributed by atoms with Gasteiger partial charge in [0.25, 0.3) is 5.91 Å². The number of anilines is 1. The molecule has 2 aromatic heterocycles. The zero-order chi connectivity index (χ0) is 22.9. The summed E-state index contributed by atoms with van der Waals surface area (Å²) in [5, 5.41) is 15.3. The molecule has 0 fully saturated rings. The molecule has 3 amide bonds. The summed E-state index contributed by atoms with van der Waals surface area (Å²) in [5.74, 6) is 0.264. The predicted octanol–water partition coefficient (Wildman–Crippen LogP) is 3.79. The van der Waals surface area contributed by atoms with E-state index in [0.29, 0.717) is 23.8 Å². The van der Waals surface area contributed by atoms with E-state index in [2.05, 4.69) is 25.7 Å². The third-order valence-corrected chi connectivity index (χ3v) is 6.61. The van der Waals surface area contributed by atoms with Crippen LogP contribution in [0.3, 0.4) is 0 Å². The van der Waals surface area contributed by atoms with Gasteiger partial charge in [0, 0.05) is 12.1 Å². The van der Waals surface area contributed by atoms with Crippen LogP contribution in [-0.4, -0.2) is 52.6 Å². The minimum Gasteiger partial charge on any atom is -0.330 e. The topological polar surface area (TPSA) is 93.4 Å². The van der Waals surface area contributed by atoms with E-state index in [9.17, 15) is 9.59 Å². The fourth-order valence-electron chi connectivity index (χ4n) is 4.03. The van der Waals surface area contributed by atoms with E-state index in [1.54, 1.807) is 11.0 Å². The van der Waals surface area contributed by atoms with Gasteiger partial charge in [0.15, 0.2) is 5.82 Å². The van der Waals surface area contributed by atoms with E-state index in [1.165, 1.54) is 11.3 Å². The fraction of sp³-hybridized carbons (Fsp3) is 0.348. The van der Waals surface area contributed by atoms with Crippen LogP contribution in [0, 0.1) is 0 Å². The molecule has 0 radical (unpaired) electrons. The number of urea groups is 1. The van der Waals surface area contributed by atoms with Crippen LogP contribution in [-0.2, 0) is 12.1 Å². The summed E-state index contributed by atoms with van der Waals surface area (Å²) in [6, 6.07) is 13.3. The van der Waals surface area contributed by atoms with E-state index in [1.807, 2.05) is 69.7 Å². The Labute approximate surface area is 191 Å². The summed E-state index contributed by atoms with van der Waals surface area (Å²) >= 11 is 1.37. The normalized spacial score (nSPS) is 15.5. The molecule has 0 aliphatic carbocycles. The zero-order valence-electron chi connectivity index (χ0n) is 18.7. The predicted molar refractivity (Wildman–Crippen MR) is 126 cm³/mol. The molecule has 168 valence electrons. The highest BCUT2D eigenvalue weighted by Crippen LogP contribution is 2.40. The zero-order valence-corrected chi connectivity index (χ0v) is 19.5. The summed E-state index contributed by atoms with van der Waals surface area (Å²) in [5.41, 5.74) is 2.12. The van der Waals surface area contributed by atoms with E-state index < -0.39 is 5.54 Å². The lowest BCUT2D eigenvalue weighted by Crippen LogP contribution is -2.48. The number of thiophene rings is 1. The summed E-state index contributed by atoms with van der Waals surface area (Å²) < 4.78 is 0. The molecule has 0 unspecified atom stereocenters. The van der Waals surface area contributed by atoms with Crippen molar-refractivity contribution < 1.29 is 9.59 Å². The molecule has 32 heavy (non-hydrogen) atoms. The van der Waals surface area contributed by atoms with Crippen molar-refractivity contribution >= 4 is 29.1 Å². The lowest BCUT2D eigenvalue weighted by molar-refractivity contribution is 0.103. The van der Waals surface area contributed by atoms with Crippen molar-refractivity contribution in [3.8, 4) is 0 Å². The van der Waals surface area contributed by atoms with Crippen molar-refractivity contribution in [1.29, 1.82) is 0 Å². The number of fused-ring (bicyclic) bond motifs is 1. The average molecular weight is 453 g/mol. The fourth-order valence-corrected chi connectivity index (χ4v) is 4.65. The number of benzene rings is 1. The number of carbonyl (C=O) groups excluding carboxylic acids is 2. The van der Waals surface area contributed by atoms with Gasteiger partial charge in [-0.25, -0.2) is 4.79 Å². The summed E-state index contributed by atoms with van der Waals surface area (Å²) in [4.78, 5) is 30.3. The molecular weight excluding hydrogens is 424 g/mol. The molecule has 3 N–H and O–H groups in total. The van der Waals surface area contributed by atoms with Crippen LogP contribution in [0.15, 0.2) is 47.8 Å². The standard InChI is InChI=1S/C23H28N6O2S/c1-23(2)19-16(20(27-26-19)25-21(30)18-11-8-12-32-18)13-29(23)22(31)24-17(14-28(3)4)15-9-6-5-7-10-15/h5-12,17H,13-14H2,1-4H3,(H,24,31)(H2,25,26,27,30)/t17-/m1/s1. The van der Waals surface area contributed by atoms with Gasteiger partial charge in [-0.15, -0.1) is 11.3 Å². The van der Waals surface area contributed by atoms with Gasteiger partial charge in [-0.1, -0.05) is 36.4 Å². The monoisotopic (exact) mass is 452 g/mol. The molecule has 0 saturated carbocycles. The first-order chi connectivity index (χ1) is 15.3. The third kappa shape index (κ3) is 4.26. The van der Waals surface area contributed by atoms with Gasteiger partial charge in [-0.3, -0.25) is 9.89 Å². The Morgan fingerprint density at radius 1 is 1.22 bits per heavy atom. The first-order valence-electron chi connectivity index (χ1n) is 10.5. The molecule has 0 saturated heterocycles. The lowest BCUT2D eigenvalue weighted by Gasteiger charge is -2.34. The molecule has 1 aliphatic heterocycles. The Kier molecular flexibility index (Phi) is 6.03. The van der Waals surface area contributed by atoms with Crippen LogP contribution in [0.1, 0.15) is 46.4 Å². The second-order valence-electron chi connectivity index (χ2n) is 8.68. The van der Waals surface area contributed by atoms with Crippen LogP contribution in [0.5, 0.6) is 0 Å². The summed E-state index contributed by atoms with van der Waals surface area (Å²) in [6.45, 7) is 4.99. The molecule has 3 aromatic rings. The van der Waals surface area contributed by atoms with Crippen LogP contribution < -0.4 is 10.6 Å². The van der Waals surface area contributed by atoms with Gasteiger partial charge >= 0.3 is 6.03 Å². The Morgan fingerprint density at radius 2 is 1.97 bits per heavy atom. The number of nitrogens with zero attached hydrogens (tertiary/aromatic N) is 3. The van der Waals surface area contributed by atoms with Crippen molar-refractivity contribution in [2.75, 3.05) is 26.0 Å². The number of carbonyl (C=O) groups is 2. The molecule has 1 aliphatic rings. The summed E-state index contributed by atoms with van der Waals surface area (Å²) in [6.07, 6.45) is 0. The van der Waals surface area contributed by atoms with Crippen molar-refractivity contribution in [3.63, 3.8) is 0 Å². The molecule has 0 bridgehead atoms. The number of aromatic amines is 1. The number of amides is 3. The van der Waals surface area contributed by atoms with Gasteiger partial charge in [0.1, 0.15) is 0 Å². The number of rotatable bonds is 6. The van der Waals surface area contributed by atoms with E-state index in [4.69, 9.17) is 0 Å². The van der Waals surface area contributed by atoms with E-state index in [0.717, 1.165) is 16.8 Å². The summed E-state index contributed by atoms with van der Waals surface area (Å²) in [7, 11) is 3.97. The van der Waals surface area contributed by atoms with Crippen LogP contribution in [0.25, 0.3) is 0 Å². The molecular formula is C23H28N6O2S. The maximum atomic E-state index is 13.4. The van der Waals surface area contributed by atoms with Crippen LogP contribution >= 0.6 is 11.3 Å². The highest BCUT2D eigenvalue weighted by Gasteiger charge is 2.44. The van der Waals surface area contributed by atoms with Gasteiger partial charge < -0.3 is 20.4 Å². The van der Waals surface area contributed by atoms with Gasteiger partial charge in [-0.05, 0) is 45.0 Å². The maximum Gasteiger partial charge on any atom is 0.319 e. The Bertz CT molecular complexity index is 1090. The van der Waals surface area contributed by atoms with Crippen molar-refractivity contribution in [3.05, 3.63) is 69.5 Å². The second-order valence-corrected chi connectivity index (χ2v) is 9.63. The average Bonchev–Trinajstić information content (AvgIpc) is 3.47.